The number of halogens is 2. The molecule has 0 bridgehead atoms. The molecule has 0 aromatic heterocycles. The lowest BCUT2D eigenvalue weighted by molar-refractivity contribution is 0.527. The third-order valence-corrected chi connectivity index (χ3v) is 4.52. The highest BCUT2D eigenvalue weighted by Crippen LogP contribution is 1.90. The van der Waals surface area contributed by atoms with Crippen LogP contribution < -0.4 is 8.25 Å². The summed E-state index contributed by atoms with van der Waals surface area (Å²) in [6.07, 6.45) is 1.54. The Kier molecular flexibility index (Phi) is 6.80. The van der Waals surface area contributed by atoms with E-state index in [4.69, 9.17) is 0 Å². The van der Waals surface area contributed by atoms with E-state index in [9.17, 15) is 41.4 Å². The van der Waals surface area contributed by atoms with E-state index in [1.165, 1.54) is 4.13 Å². The first-order valence-corrected chi connectivity index (χ1v) is 9.82. The second-order valence-electron chi connectivity index (χ2n) is 2.59. The van der Waals surface area contributed by atoms with E-state index in [0.29, 0.717) is 0 Å². The Hall–Kier alpha value is -0.420. The van der Waals surface area contributed by atoms with Crippen molar-refractivity contribution in [3.8, 4) is 0 Å². The van der Waals surface area contributed by atoms with Crippen LogP contribution in [0.3, 0.4) is 0 Å². The van der Waals surface area contributed by atoms with Crippen molar-refractivity contribution in [2.24, 2.45) is 0 Å². The molecule has 0 unspecified atom stereocenters. The first-order chi connectivity index (χ1) is 7.41. The molecule has 0 aliphatic rings. The summed E-state index contributed by atoms with van der Waals surface area (Å²) in [4.78, 5) is 0. The number of sulfonamides is 2. The summed E-state index contributed by atoms with van der Waals surface area (Å²) in [6, 6.07) is 0. The van der Waals surface area contributed by atoms with Crippen LogP contribution in [-0.4, -0.2) is 46.2 Å². The van der Waals surface area contributed by atoms with Crippen LogP contribution in [0.2, 0.25) is 0 Å². The molecule has 0 saturated carbocycles. The van der Waals surface area contributed by atoms with E-state index in [1.807, 2.05) is 0 Å². The third kappa shape index (κ3) is 24.7. The molecular weight excluding hydrogens is 346 g/mol. The van der Waals surface area contributed by atoms with Gasteiger partial charge in [0.15, 0.2) is 0 Å². The number of nitrogens with one attached hydrogen (secondary N) is 2. The first kappa shape index (κ1) is 19.9. The Labute approximate surface area is 103 Å². The van der Waals surface area contributed by atoms with Crippen LogP contribution in [-0.2, 0) is 40.9 Å². The highest BCUT2D eigenvalue weighted by molar-refractivity contribution is 8.04. The first-order valence-electron chi connectivity index (χ1n) is 3.27. The van der Waals surface area contributed by atoms with Gasteiger partial charge >= 0.3 is 20.8 Å². The highest BCUT2D eigenvalue weighted by Gasteiger charge is 2.17. The summed E-state index contributed by atoms with van der Waals surface area (Å²) in [5.41, 5.74) is 0. The van der Waals surface area contributed by atoms with Gasteiger partial charge in [-0.05, 0) is 0 Å². The van der Waals surface area contributed by atoms with Gasteiger partial charge in [-0.1, -0.05) is 11.9 Å². The quantitative estimate of drug-likeness (QED) is 0.524. The van der Waals surface area contributed by atoms with Gasteiger partial charge < -0.3 is 0 Å². The van der Waals surface area contributed by atoms with E-state index in [0.717, 1.165) is 12.5 Å². The SMILES string of the molecule is CS(=O)(=O)NS(C)(=O)=O.O=S(=O)(F)NS(=O)(=O)F. The van der Waals surface area contributed by atoms with Crippen molar-refractivity contribution in [3.63, 3.8) is 0 Å². The second kappa shape index (κ2) is 6.15. The van der Waals surface area contributed by atoms with Crippen molar-refractivity contribution in [2.45, 2.75) is 0 Å². The maximum absolute atomic E-state index is 11.1. The zero-order chi connectivity index (χ0) is 15.4. The lowest BCUT2D eigenvalue weighted by Gasteiger charge is -1.94. The summed E-state index contributed by atoms with van der Waals surface area (Å²) in [7, 11) is -18.2. The minimum Gasteiger partial charge on any atom is -0.212 e. The fraction of sp³-hybridized carbons (Fsp3) is 1.00. The van der Waals surface area contributed by atoms with Crippen LogP contribution in [0.25, 0.3) is 0 Å². The molecule has 2 N–H and O–H groups in total. The Morgan fingerprint density at radius 1 is 0.611 bits per heavy atom. The van der Waals surface area contributed by atoms with Crippen molar-refractivity contribution in [2.75, 3.05) is 12.5 Å². The van der Waals surface area contributed by atoms with Crippen LogP contribution in [0.1, 0.15) is 0 Å². The summed E-state index contributed by atoms with van der Waals surface area (Å²) in [5, 5.41) is 0. The largest absolute Gasteiger partial charge is 0.387 e. The van der Waals surface area contributed by atoms with Crippen LogP contribution in [0.4, 0.5) is 7.77 Å². The molecule has 0 spiro atoms. The van der Waals surface area contributed by atoms with Crippen molar-refractivity contribution >= 4 is 40.9 Å². The molecule has 0 amide bonds. The fourth-order valence-electron chi connectivity index (χ4n) is 0.394. The molecule has 112 valence electrons. The van der Waals surface area contributed by atoms with E-state index in [-0.39, 0.29) is 4.13 Å². The summed E-state index contributed by atoms with van der Waals surface area (Å²) in [6.45, 7) is 0. The van der Waals surface area contributed by atoms with E-state index in [1.54, 1.807) is 0 Å². The normalized spacial score (nSPS) is 13.6. The average Bonchev–Trinajstić information content (AvgIpc) is 1.64. The molecule has 0 atom stereocenters. The summed E-state index contributed by atoms with van der Waals surface area (Å²) in [5.74, 6) is 0. The van der Waals surface area contributed by atoms with Gasteiger partial charge in [-0.25, -0.2) is 16.8 Å². The molecule has 0 fully saturated rings. The standard InChI is InChI=1S/C2H7NO4S2.F2HNO4S2/c2*1-8(4,5)3-9(2,6)7/h3H,1-2H3;3H. The Bertz CT molecular complexity index is 549. The van der Waals surface area contributed by atoms with Gasteiger partial charge in [0, 0.05) is 0 Å². The predicted molar refractivity (Wildman–Crippen MR) is 56.0 cm³/mol. The number of hydrogen-bond donors (Lipinski definition) is 2. The molecule has 18 heavy (non-hydrogen) atoms. The maximum atomic E-state index is 11.1. The molecule has 0 aliphatic carbocycles. The molecule has 10 nitrogen and oxygen atoms in total. The minimum absolute atomic E-state index is 0.0694. The molecule has 0 aromatic rings. The van der Waals surface area contributed by atoms with Gasteiger partial charge in [0.05, 0.1) is 12.5 Å². The van der Waals surface area contributed by atoms with E-state index < -0.39 is 40.9 Å². The van der Waals surface area contributed by atoms with E-state index >= 15 is 0 Å². The van der Waals surface area contributed by atoms with Crippen LogP contribution >= 0.6 is 0 Å². The molecule has 0 rings (SSSR count). The van der Waals surface area contributed by atoms with Gasteiger partial charge in [-0.15, -0.1) is 4.13 Å². The zero-order valence-electron chi connectivity index (χ0n) is 8.65. The Morgan fingerprint density at radius 3 is 0.833 bits per heavy atom. The number of hydrogen-bond acceptors (Lipinski definition) is 8. The minimum atomic E-state index is -5.49. The van der Waals surface area contributed by atoms with Gasteiger partial charge in [-0.2, -0.15) is 16.8 Å². The highest BCUT2D eigenvalue weighted by atomic mass is 32.3. The van der Waals surface area contributed by atoms with Crippen molar-refractivity contribution in [1.82, 2.24) is 8.25 Å². The van der Waals surface area contributed by atoms with Crippen molar-refractivity contribution in [1.29, 1.82) is 0 Å². The van der Waals surface area contributed by atoms with Gasteiger partial charge in [0.25, 0.3) is 0 Å². The molecule has 0 aliphatic heterocycles. The Balaban J connectivity index is 0. The van der Waals surface area contributed by atoms with Crippen LogP contribution in [0, 0.1) is 0 Å². The van der Waals surface area contributed by atoms with Crippen molar-refractivity contribution in [3.05, 3.63) is 0 Å². The summed E-state index contributed by atoms with van der Waals surface area (Å²) < 4.78 is 101. The van der Waals surface area contributed by atoms with Gasteiger partial charge in [0.1, 0.15) is 0 Å². The molecule has 0 heterocycles. The van der Waals surface area contributed by atoms with Crippen LogP contribution in [0.15, 0.2) is 0 Å². The molecule has 16 heteroatoms. The maximum Gasteiger partial charge on any atom is 0.387 e. The molecule has 0 radical (unpaired) electrons. The second-order valence-corrected chi connectivity index (χ2v) is 8.76. The summed E-state index contributed by atoms with van der Waals surface area (Å²) >= 11 is 0. The number of rotatable bonds is 4. The molecule has 0 saturated heterocycles. The monoisotopic (exact) mass is 354 g/mol. The lowest BCUT2D eigenvalue weighted by Crippen LogP contribution is -2.27. The lowest BCUT2D eigenvalue weighted by atomic mass is 12.0. The topological polar surface area (TPSA) is 161 Å². The fourth-order valence-corrected chi connectivity index (χ4v) is 3.54. The average molecular weight is 354 g/mol. The Morgan fingerprint density at radius 2 is 0.833 bits per heavy atom. The smallest absolute Gasteiger partial charge is 0.212 e. The van der Waals surface area contributed by atoms with Gasteiger partial charge in [-0.3, -0.25) is 0 Å². The third-order valence-electron chi connectivity index (χ3n) is 0.502. The molecular formula is C2H8F2N2O8S4. The molecule has 0 aromatic carbocycles. The van der Waals surface area contributed by atoms with Gasteiger partial charge in [0.2, 0.25) is 20.0 Å². The van der Waals surface area contributed by atoms with Crippen molar-refractivity contribution < 1.29 is 41.4 Å². The van der Waals surface area contributed by atoms with Crippen LogP contribution in [0.5, 0.6) is 0 Å². The van der Waals surface area contributed by atoms with E-state index in [2.05, 4.69) is 0 Å². The predicted octanol–water partition coefficient (Wildman–Crippen LogP) is -2.50. The zero-order valence-corrected chi connectivity index (χ0v) is 11.9.